The fraction of sp³-hybridized carbons (Fsp3) is 0.517. The highest BCUT2D eigenvalue weighted by Gasteiger charge is 2.44. The highest BCUT2D eigenvalue weighted by Crippen LogP contribution is 2.43. The number of piperazine rings is 1. The number of hydrogen-bond donors (Lipinski definition) is 1. The Morgan fingerprint density at radius 1 is 1.00 bits per heavy atom. The average molecular weight is 643 g/mol. The molecule has 2 fully saturated rings. The quantitative estimate of drug-likeness (QED) is 0.364. The van der Waals surface area contributed by atoms with Crippen LogP contribution in [0.2, 0.25) is 0 Å². The first-order valence-electron chi connectivity index (χ1n) is 13.7. The van der Waals surface area contributed by atoms with Crippen molar-refractivity contribution in [2.24, 2.45) is 5.73 Å². The van der Waals surface area contributed by atoms with Gasteiger partial charge in [-0.15, -0.1) is 13.2 Å². The molecule has 2 aliphatic rings. The van der Waals surface area contributed by atoms with E-state index in [2.05, 4.69) is 30.5 Å². The van der Waals surface area contributed by atoms with Gasteiger partial charge in [0.05, 0.1) is 18.1 Å². The SMILES string of the molecule is COc1ccc(Br)c(CN2CCN(CCOC(=O)C3(c4ccc(C(N)=O)c(OC(F)(F)F)c4)CCCCC3)CC2)c1. The Morgan fingerprint density at radius 2 is 1.68 bits per heavy atom. The summed E-state index contributed by atoms with van der Waals surface area (Å²) in [4.78, 5) is 29.8. The molecule has 0 spiro atoms. The third-order valence-corrected chi connectivity index (χ3v) is 8.65. The van der Waals surface area contributed by atoms with E-state index in [9.17, 15) is 22.8 Å². The number of methoxy groups -OCH3 is 1. The summed E-state index contributed by atoms with van der Waals surface area (Å²) in [5.41, 5.74) is 5.24. The average Bonchev–Trinajstić information content (AvgIpc) is 2.94. The van der Waals surface area contributed by atoms with Gasteiger partial charge in [-0.25, -0.2) is 0 Å². The summed E-state index contributed by atoms with van der Waals surface area (Å²) in [6.45, 7) is 4.87. The van der Waals surface area contributed by atoms with Crippen molar-refractivity contribution in [3.8, 4) is 11.5 Å². The molecule has 8 nitrogen and oxygen atoms in total. The zero-order valence-corrected chi connectivity index (χ0v) is 24.6. The van der Waals surface area contributed by atoms with E-state index in [1.807, 2.05) is 18.2 Å². The molecule has 2 aromatic carbocycles. The van der Waals surface area contributed by atoms with Crippen molar-refractivity contribution in [1.29, 1.82) is 0 Å². The van der Waals surface area contributed by atoms with Crippen LogP contribution in [0.1, 0.15) is 53.6 Å². The van der Waals surface area contributed by atoms with E-state index in [0.29, 0.717) is 24.9 Å². The molecule has 0 aromatic heterocycles. The van der Waals surface area contributed by atoms with Gasteiger partial charge in [0.2, 0.25) is 0 Å². The fourth-order valence-corrected chi connectivity index (χ4v) is 5.99. The van der Waals surface area contributed by atoms with Crippen LogP contribution in [-0.2, 0) is 21.5 Å². The van der Waals surface area contributed by atoms with E-state index in [1.54, 1.807) is 7.11 Å². The number of primary amides is 1. The van der Waals surface area contributed by atoms with Crippen molar-refractivity contribution >= 4 is 27.8 Å². The van der Waals surface area contributed by atoms with Crippen LogP contribution in [0.25, 0.3) is 0 Å². The molecule has 12 heteroatoms. The molecule has 1 aliphatic carbocycles. The lowest BCUT2D eigenvalue weighted by Gasteiger charge is -2.37. The van der Waals surface area contributed by atoms with Gasteiger partial charge in [-0.3, -0.25) is 19.4 Å². The van der Waals surface area contributed by atoms with Gasteiger partial charge in [-0.05, 0) is 54.3 Å². The second-order valence-corrected chi connectivity index (χ2v) is 11.3. The number of carbonyl (C=O) groups excluding carboxylic acids is 2. The lowest BCUT2D eigenvalue weighted by molar-refractivity contribution is -0.274. The standard InChI is InChI=1S/C29H35BrF3N3O5/c1-39-22-6-8-24(30)20(17-22)19-36-13-11-35(12-14-36)15-16-40-27(38)28(9-3-2-4-10-28)21-5-7-23(26(34)37)25(18-21)41-29(31,32)33/h5-8,17-18H,2-4,9-16,19H2,1H3,(H2,34,37). The van der Waals surface area contributed by atoms with Gasteiger partial charge in [-0.1, -0.05) is 41.3 Å². The lowest BCUT2D eigenvalue weighted by atomic mass is 9.69. The van der Waals surface area contributed by atoms with Crippen molar-refractivity contribution in [3.05, 3.63) is 57.6 Å². The zero-order chi connectivity index (χ0) is 29.6. The monoisotopic (exact) mass is 641 g/mol. The molecule has 1 amide bonds. The maximum absolute atomic E-state index is 13.5. The van der Waals surface area contributed by atoms with Gasteiger partial charge < -0.3 is 19.9 Å². The predicted molar refractivity (Wildman–Crippen MR) is 150 cm³/mol. The first-order chi connectivity index (χ1) is 19.5. The molecule has 224 valence electrons. The smallest absolute Gasteiger partial charge is 0.497 e. The van der Waals surface area contributed by atoms with Crippen molar-refractivity contribution in [1.82, 2.24) is 9.80 Å². The van der Waals surface area contributed by atoms with E-state index >= 15 is 0 Å². The molecule has 0 radical (unpaired) electrons. The van der Waals surface area contributed by atoms with Gasteiger partial charge >= 0.3 is 12.3 Å². The minimum absolute atomic E-state index is 0.174. The Labute approximate surface area is 246 Å². The topological polar surface area (TPSA) is 94.3 Å². The third-order valence-electron chi connectivity index (χ3n) is 7.88. The largest absolute Gasteiger partial charge is 0.573 e. The Bertz CT molecular complexity index is 1230. The molecule has 2 N–H and O–H groups in total. The van der Waals surface area contributed by atoms with Gasteiger partial charge in [0, 0.05) is 43.7 Å². The molecule has 1 saturated carbocycles. The number of alkyl halides is 3. The van der Waals surface area contributed by atoms with Crippen molar-refractivity contribution in [3.63, 3.8) is 0 Å². The minimum atomic E-state index is -5.02. The van der Waals surface area contributed by atoms with Gasteiger partial charge in [0.1, 0.15) is 18.1 Å². The number of benzene rings is 2. The van der Waals surface area contributed by atoms with Gasteiger partial charge in [0.25, 0.3) is 5.91 Å². The number of rotatable bonds is 10. The highest BCUT2D eigenvalue weighted by atomic mass is 79.9. The first kappa shape index (κ1) is 31.1. The summed E-state index contributed by atoms with van der Waals surface area (Å²) in [6, 6.07) is 9.70. The summed E-state index contributed by atoms with van der Waals surface area (Å²) in [5.74, 6) is -1.41. The molecule has 41 heavy (non-hydrogen) atoms. The van der Waals surface area contributed by atoms with E-state index in [0.717, 1.165) is 73.8 Å². The van der Waals surface area contributed by atoms with Gasteiger partial charge in [0.15, 0.2) is 0 Å². The van der Waals surface area contributed by atoms with Crippen LogP contribution >= 0.6 is 15.9 Å². The van der Waals surface area contributed by atoms with Crippen LogP contribution in [0, 0.1) is 0 Å². The van der Waals surface area contributed by atoms with E-state index in [-0.39, 0.29) is 6.61 Å². The molecule has 4 rings (SSSR count). The summed E-state index contributed by atoms with van der Waals surface area (Å²) in [6.07, 6.45) is -1.77. The van der Waals surface area contributed by atoms with Crippen LogP contribution in [-0.4, -0.2) is 74.5 Å². The van der Waals surface area contributed by atoms with Crippen LogP contribution in [0.15, 0.2) is 40.9 Å². The second kappa shape index (κ2) is 13.4. The Balaban J connectivity index is 1.36. The Kier molecular flexibility index (Phi) is 10.2. The predicted octanol–water partition coefficient (Wildman–Crippen LogP) is 5.02. The lowest BCUT2D eigenvalue weighted by Crippen LogP contribution is -2.47. The van der Waals surface area contributed by atoms with Crippen LogP contribution < -0.4 is 15.2 Å². The van der Waals surface area contributed by atoms with Crippen molar-refractivity contribution in [2.45, 2.75) is 50.4 Å². The fourth-order valence-electron chi connectivity index (χ4n) is 5.62. The van der Waals surface area contributed by atoms with Crippen molar-refractivity contribution in [2.75, 3.05) is 46.4 Å². The summed E-state index contributed by atoms with van der Waals surface area (Å²) >= 11 is 3.61. The maximum Gasteiger partial charge on any atom is 0.573 e. The van der Waals surface area contributed by atoms with Crippen LogP contribution in [0.3, 0.4) is 0 Å². The maximum atomic E-state index is 13.5. The zero-order valence-electron chi connectivity index (χ0n) is 23.0. The number of nitrogens with zero attached hydrogens (tertiary/aromatic N) is 2. The molecular weight excluding hydrogens is 607 g/mol. The highest BCUT2D eigenvalue weighted by molar-refractivity contribution is 9.10. The number of ether oxygens (including phenoxy) is 3. The Hall–Kier alpha value is -2.83. The normalized spacial score (nSPS) is 18.1. The molecule has 2 aromatic rings. The van der Waals surface area contributed by atoms with Gasteiger partial charge in [-0.2, -0.15) is 0 Å². The van der Waals surface area contributed by atoms with Crippen LogP contribution in [0.5, 0.6) is 11.5 Å². The molecule has 1 aliphatic heterocycles. The summed E-state index contributed by atoms with van der Waals surface area (Å²) in [7, 11) is 1.65. The number of hydrogen-bond acceptors (Lipinski definition) is 7. The van der Waals surface area contributed by atoms with Crippen molar-refractivity contribution < 1.29 is 37.0 Å². The minimum Gasteiger partial charge on any atom is -0.497 e. The molecule has 0 atom stereocenters. The number of amides is 1. The molecule has 0 bridgehead atoms. The molecule has 1 saturated heterocycles. The second-order valence-electron chi connectivity index (χ2n) is 10.5. The summed E-state index contributed by atoms with van der Waals surface area (Å²) in [5, 5.41) is 0. The molecular formula is C29H35BrF3N3O5. The first-order valence-corrected chi connectivity index (χ1v) is 14.4. The van der Waals surface area contributed by atoms with E-state index in [4.69, 9.17) is 15.2 Å². The number of halogens is 4. The Morgan fingerprint density at radius 3 is 2.32 bits per heavy atom. The number of nitrogens with two attached hydrogens (primary N) is 1. The molecule has 0 unspecified atom stereocenters. The van der Waals surface area contributed by atoms with E-state index in [1.165, 1.54) is 12.1 Å². The van der Waals surface area contributed by atoms with E-state index < -0.39 is 35.0 Å². The van der Waals surface area contributed by atoms with Crippen LogP contribution in [0.4, 0.5) is 13.2 Å². The number of esters is 1. The molecule has 1 heterocycles. The number of carbonyl (C=O) groups is 2. The summed E-state index contributed by atoms with van der Waals surface area (Å²) < 4.78 is 55.4. The third kappa shape index (κ3) is 7.92.